The monoisotopic (exact) mass is 278 g/mol. The lowest BCUT2D eigenvalue weighted by Crippen LogP contribution is -2.26. The summed E-state index contributed by atoms with van der Waals surface area (Å²) < 4.78 is 5.41. The SMILES string of the molecule is CCC(C)(C)c1ccc(OC(=O)N(C)C)c(N(C)C)c1. The van der Waals surface area contributed by atoms with Gasteiger partial charge in [-0.05, 0) is 29.5 Å². The zero-order chi connectivity index (χ0) is 15.5. The molecule has 20 heavy (non-hydrogen) atoms. The van der Waals surface area contributed by atoms with Crippen LogP contribution in [0.15, 0.2) is 18.2 Å². The van der Waals surface area contributed by atoms with Gasteiger partial charge in [0.1, 0.15) is 0 Å². The molecule has 0 radical (unpaired) electrons. The summed E-state index contributed by atoms with van der Waals surface area (Å²) in [5, 5.41) is 0. The first kappa shape index (κ1) is 16.3. The van der Waals surface area contributed by atoms with Crippen molar-refractivity contribution in [1.82, 2.24) is 4.90 Å². The number of carbonyl (C=O) groups is 1. The molecule has 0 N–H and O–H groups in total. The number of benzene rings is 1. The van der Waals surface area contributed by atoms with Crippen LogP contribution in [0.1, 0.15) is 32.8 Å². The van der Waals surface area contributed by atoms with Gasteiger partial charge in [0.2, 0.25) is 0 Å². The van der Waals surface area contributed by atoms with E-state index in [0.717, 1.165) is 12.1 Å². The van der Waals surface area contributed by atoms with Gasteiger partial charge in [-0.25, -0.2) is 4.79 Å². The third-order valence-electron chi connectivity index (χ3n) is 3.67. The fourth-order valence-electron chi connectivity index (χ4n) is 1.76. The highest BCUT2D eigenvalue weighted by atomic mass is 16.6. The minimum Gasteiger partial charge on any atom is -0.408 e. The lowest BCUT2D eigenvalue weighted by Gasteiger charge is -2.26. The zero-order valence-electron chi connectivity index (χ0n) is 13.7. The van der Waals surface area contributed by atoms with Crippen molar-refractivity contribution in [2.45, 2.75) is 32.6 Å². The molecule has 0 saturated carbocycles. The van der Waals surface area contributed by atoms with Crippen molar-refractivity contribution in [3.8, 4) is 5.75 Å². The first-order chi connectivity index (χ1) is 9.19. The second-order valence-corrected chi connectivity index (χ2v) is 6.08. The van der Waals surface area contributed by atoms with E-state index >= 15 is 0 Å². The largest absolute Gasteiger partial charge is 0.414 e. The third kappa shape index (κ3) is 3.65. The molecular formula is C16H26N2O2. The predicted octanol–water partition coefficient (Wildman–Crippen LogP) is 3.50. The Balaban J connectivity index is 3.18. The van der Waals surface area contributed by atoms with Crippen LogP contribution in [0.2, 0.25) is 0 Å². The Kier molecular flexibility index (Phi) is 5.03. The molecule has 0 saturated heterocycles. The molecule has 0 spiro atoms. The normalized spacial score (nSPS) is 11.2. The molecule has 0 heterocycles. The lowest BCUT2D eigenvalue weighted by molar-refractivity contribution is 0.172. The topological polar surface area (TPSA) is 32.8 Å². The minimum atomic E-state index is -0.365. The quantitative estimate of drug-likeness (QED) is 0.845. The van der Waals surface area contributed by atoms with Crippen molar-refractivity contribution >= 4 is 11.8 Å². The number of nitrogens with zero attached hydrogens (tertiary/aromatic N) is 2. The summed E-state index contributed by atoms with van der Waals surface area (Å²) in [6, 6.07) is 6.01. The first-order valence-electron chi connectivity index (χ1n) is 6.90. The number of amides is 1. The van der Waals surface area contributed by atoms with Gasteiger partial charge in [-0.3, -0.25) is 0 Å². The van der Waals surface area contributed by atoms with Crippen LogP contribution < -0.4 is 9.64 Å². The molecule has 0 fully saturated rings. The number of ether oxygens (including phenoxy) is 1. The van der Waals surface area contributed by atoms with Gasteiger partial charge in [-0.1, -0.05) is 26.8 Å². The average molecular weight is 278 g/mol. The van der Waals surface area contributed by atoms with E-state index in [1.165, 1.54) is 10.5 Å². The van der Waals surface area contributed by atoms with E-state index in [1.807, 2.05) is 31.1 Å². The Bertz CT molecular complexity index is 479. The number of rotatable bonds is 4. The summed E-state index contributed by atoms with van der Waals surface area (Å²) in [6.45, 7) is 6.61. The highest BCUT2D eigenvalue weighted by molar-refractivity contribution is 5.73. The number of carbonyl (C=O) groups excluding carboxylic acids is 1. The van der Waals surface area contributed by atoms with Crippen LogP contribution in [0.25, 0.3) is 0 Å². The number of hydrogen-bond donors (Lipinski definition) is 0. The molecule has 4 nitrogen and oxygen atoms in total. The second-order valence-electron chi connectivity index (χ2n) is 6.08. The van der Waals surface area contributed by atoms with Crippen molar-refractivity contribution in [2.75, 3.05) is 33.1 Å². The number of anilines is 1. The van der Waals surface area contributed by atoms with Crippen LogP contribution >= 0.6 is 0 Å². The van der Waals surface area contributed by atoms with Gasteiger partial charge < -0.3 is 14.5 Å². The Labute approximate surface area is 122 Å². The predicted molar refractivity (Wildman–Crippen MR) is 83.8 cm³/mol. The van der Waals surface area contributed by atoms with Crippen LogP contribution in [0.3, 0.4) is 0 Å². The Morgan fingerprint density at radius 3 is 2.25 bits per heavy atom. The Morgan fingerprint density at radius 2 is 1.80 bits per heavy atom. The van der Waals surface area contributed by atoms with Crippen LogP contribution in [0.4, 0.5) is 10.5 Å². The molecule has 0 aliphatic rings. The molecule has 1 aromatic rings. The Morgan fingerprint density at radius 1 is 1.20 bits per heavy atom. The molecule has 4 heteroatoms. The minimum absolute atomic E-state index is 0.106. The first-order valence-corrected chi connectivity index (χ1v) is 6.90. The highest BCUT2D eigenvalue weighted by Crippen LogP contribution is 2.34. The van der Waals surface area contributed by atoms with E-state index in [9.17, 15) is 4.79 Å². The summed E-state index contributed by atoms with van der Waals surface area (Å²) >= 11 is 0. The van der Waals surface area contributed by atoms with Gasteiger partial charge in [0.25, 0.3) is 0 Å². The summed E-state index contributed by atoms with van der Waals surface area (Å²) in [4.78, 5) is 15.1. The van der Waals surface area contributed by atoms with E-state index in [4.69, 9.17) is 4.74 Å². The average Bonchev–Trinajstić information content (AvgIpc) is 2.38. The van der Waals surface area contributed by atoms with E-state index in [-0.39, 0.29) is 11.5 Å². The van der Waals surface area contributed by atoms with Crippen LogP contribution in [0, 0.1) is 0 Å². The third-order valence-corrected chi connectivity index (χ3v) is 3.67. The summed E-state index contributed by atoms with van der Waals surface area (Å²) in [6.07, 6.45) is 0.687. The van der Waals surface area contributed by atoms with Crippen molar-refractivity contribution in [2.24, 2.45) is 0 Å². The maximum absolute atomic E-state index is 11.7. The molecular weight excluding hydrogens is 252 g/mol. The summed E-state index contributed by atoms with van der Waals surface area (Å²) in [5.41, 5.74) is 2.27. The summed E-state index contributed by atoms with van der Waals surface area (Å²) in [5.74, 6) is 0.587. The lowest BCUT2D eigenvalue weighted by atomic mass is 9.82. The standard InChI is InChI=1S/C16H26N2O2/c1-8-16(2,3)12-9-10-14(13(11-12)17(4)5)20-15(19)18(6)7/h9-11H,8H2,1-7H3. The smallest absolute Gasteiger partial charge is 0.408 e. The van der Waals surface area contributed by atoms with E-state index in [2.05, 4.69) is 26.8 Å². The molecule has 1 rings (SSSR count). The molecule has 1 amide bonds. The van der Waals surface area contributed by atoms with Crippen molar-refractivity contribution in [1.29, 1.82) is 0 Å². The zero-order valence-corrected chi connectivity index (χ0v) is 13.7. The van der Waals surface area contributed by atoms with Gasteiger partial charge >= 0.3 is 6.09 Å². The fourth-order valence-corrected chi connectivity index (χ4v) is 1.76. The maximum atomic E-state index is 11.7. The van der Waals surface area contributed by atoms with Crippen molar-refractivity contribution < 1.29 is 9.53 Å². The molecule has 0 atom stereocenters. The Hall–Kier alpha value is -1.71. The van der Waals surface area contributed by atoms with Crippen LogP contribution in [-0.4, -0.2) is 39.2 Å². The van der Waals surface area contributed by atoms with E-state index < -0.39 is 0 Å². The second kappa shape index (κ2) is 6.16. The highest BCUT2D eigenvalue weighted by Gasteiger charge is 2.21. The molecule has 0 bridgehead atoms. The van der Waals surface area contributed by atoms with Gasteiger partial charge in [-0.15, -0.1) is 0 Å². The molecule has 0 aliphatic carbocycles. The molecule has 1 aromatic carbocycles. The van der Waals surface area contributed by atoms with Crippen LogP contribution in [0.5, 0.6) is 5.75 Å². The summed E-state index contributed by atoms with van der Waals surface area (Å²) in [7, 11) is 7.24. The van der Waals surface area contributed by atoms with Crippen molar-refractivity contribution in [3.63, 3.8) is 0 Å². The molecule has 0 aromatic heterocycles. The van der Waals surface area contributed by atoms with Crippen LogP contribution in [-0.2, 0) is 5.41 Å². The molecule has 0 aliphatic heterocycles. The number of hydrogen-bond acceptors (Lipinski definition) is 3. The molecule has 112 valence electrons. The maximum Gasteiger partial charge on any atom is 0.414 e. The fraction of sp³-hybridized carbons (Fsp3) is 0.562. The van der Waals surface area contributed by atoms with Gasteiger partial charge in [0, 0.05) is 28.2 Å². The van der Waals surface area contributed by atoms with Gasteiger partial charge in [-0.2, -0.15) is 0 Å². The van der Waals surface area contributed by atoms with Gasteiger partial charge in [0.15, 0.2) is 5.75 Å². The van der Waals surface area contributed by atoms with Crippen molar-refractivity contribution in [3.05, 3.63) is 23.8 Å². The molecule has 0 unspecified atom stereocenters. The van der Waals surface area contributed by atoms with E-state index in [0.29, 0.717) is 5.75 Å². The van der Waals surface area contributed by atoms with E-state index in [1.54, 1.807) is 14.1 Å². The van der Waals surface area contributed by atoms with Gasteiger partial charge in [0.05, 0.1) is 5.69 Å².